The molecule has 0 aliphatic rings. The van der Waals surface area contributed by atoms with Gasteiger partial charge in [-0.15, -0.1) is 0 Å². The number of carbonyl (C=O) groups is 2. The lowest BCUT2D eigenvalue weighted by Crippen LogP contribution is -2.36. The monoisotopic (exact) mass is 405 g/mol. The third kappa shape index (κ3) is 7.39. The van der Waals surface area contributed by atoms with Crippen LogP contribution in [0.4, 0.5) is 0 Å². The van der Waals surface area contributed by atoms with Crippen LogP contribution in [0.3, 0.4) is 0 Å². The molecule has 25 heavy (non-hydrogen) atoms. The van der Waals surface area contributed by atoms with E-state index < -0.39 is 5.97 Å². The molecule has 1 aromatic carbocycles. The van der Waals surface area contributed by atoms with Crippen molar-refractivity contribution in [2.75, 3.05) is 6.61 Å². The van der Waals surface area contributed by atoms with E-state index in [0.717, 1.165) is 12.8 Å². The fourth-order valence-electron chi connectivity index (χ4n) is 2.17. The van der Waals surface area contributed by atoms with Crippen LogP contribution in [0.2, 0.25) is 0 Å². The number of furan rings is 1. The Morgan fingerprint density at radius 1 is 1.24 bits per heavy atom. The van der Waals surface area contributed by atoms with E-state index >= 15 is 0 Å². The summed E-state index contributed by atoms with van der Waals surface area (Å²) in [5, 5.41) is 2.82. The van der Waals surface area contributed by atoms with Gasteiger partial charge in [0.1, 0.15) is 5.76 Å². The Morgan fingerprint density at radius 3 is 2.68 bits per heavy atom. The maximum Gasteiger partial charge on any atom is 0.331 e. The number of rotatable bonds is 8. The molecule has 2 aromatic rings. The topological polar surface area (TPSA) is 68.5 Å². The van der Waals surface area contributed by atoms with Crippen LogP contribution in [-0.4, -0.2) is 24.5 Å². The second-order valence-electron chi connectivity index (χ2n) is 5.58. The minimum absolute atomic E-state index is 0.00224. The molecule has 2 rings (SSSR count). The summed E-state index contributed by atoms with van der Waals surface area (Å²) in [5.74, 6) is -0.398. The van der Waals surface area contributed by atoms with Crippen LogP contribution in [0.5, 0.6) is 0 Å². The van der Waals surface area contributed by atoms with Gasteiger partial charge in [0.2, 0.25) is 0 Å². The van der Waals surface area contributed by atoms with E-state index in [-0.39, 0.29) is 18.6 Å². The van der Waals surface area contributed by atoms with Crippen molar-refractivity contribution < 1.29 is 18.7 Å². The molecular formula is C19H20BrNO4. The van der Waals surface area contributed by atoms with Crippen LogP contribution < -0.4 is 5.32 Å². The highest BCUT2D eigenvalue weighted by atomic mass is 79.9. The number of hydrogen-bond donors (Lipinski definition) is 1. The first-order chi connectivity index (χ1) is 12.0. The van der Waals surface area contributed by atoms with Crippen molar-refractivity contribution in [1.82, 2.24) is 5.32 Å². The van der Waals surface area contributed by atoms with Crippen LogP contribution in [0.1, 0.15) is 24.7 Å². The van der Waals surface area contributed by atoms with Gasteiger partial charge in [-0.25, -0.2) is 4.79 Å². The largest absolute Gasteiger partial charge is 0.452 e. The predicted octanol–water partition coefficient (Wildman–Crippen LogP) is 3.74. The predicted molar refractivity (Wildman–Crippen MR) is 98.8 cm³/mol. The molecular weight excluding hydrogens is 386 g/mol. The van der Waals surface area contributed by atoms with E-state index in [1.165, 1.54) is 17.7 Å². The third-order valence-electron chi connectivity index (χ3n) is 3.44. The summed E-state index contributed by atoms with van der Waals surface area (Å²) in [6, 6.07) is 13.5. The maximum atomic E-state index is 11.8. The Morgan fingerprint density at radius 2 is 2.00 bits per heavy atom. The molecule has 5 nitrogen and oxygen atoms in total. The summed E-state index contributed by atoms with van der Waals surface area (Å²) in [4.78, 5) is 23.4. The molecule has 0 spiro atoms. The van der Waals surface area contributed by atoms with Crippen molar-refractivity contribution in [3.05, 3.63) is 64.5 Å². The summed E-state index contributed by atoms with van der Waals surface area (Å²) >= 11 is 3.17. The van der Waals surface area contributed by atoms with Crippen molar-refractivity contribution in [3.8, 4) is 0 Å². The minimum atomic E-state index is -0.598. The number of halogens is 1. The van der Waals surface area contributed by atoms with Gasteiger partial charge in [0, 0.05) is 12.1 Å². The standard InChI is InChI=1S/C19H20BrNO4/c1-14(7-8-15-5-3-2-4-6-15)21-18(22)13-24-19(23)12-10-16-9-11-17(20)25-16/h2-6,9-12,14H,7-8,13H2,1H3,(H,21,22). The van der Waals surface area contributed by atoms with E-state index in [1.54, 1.807) is 12.1 Å². The fourth-order valence-corrected chi connectivity index (χ4v) is 2.49. The second-order valence-corrected chi connectivity index (χ2v) is 6.36. The van der Waals surface area contributed by atoms with Crippen molar-refractivity contribution in [1.29, 1.82) is 0 Å². The van der Waals surface area contributed by atoms with Crippen molar-refractivity contribution in [2.24, 2.45) is 0 Å². The highest BCUT2D eigenvalue weighted by Gasteiger charge is 2.09. The minimum Gasteiger partial charge on any atom is -0.452 e. The van der Waals surface area contributed by atoms with E-state index in [2.05, 4.69) is 33.4 Å². The van der Waals surface area contributed by atoms with Gasteiger partial charge in [-0.1, -0.05) is 30.3 Å². The lowest BCUT2D eigenvalue weighted by molar-refractivity contribution is -0.144. The fraction of sp³-hybridized carbons (Fsp3) is 0.263. The van der Waals surface area contributed by atoms with Gasteiger partial charge in [-0.2, -0.15) is 0 Å². The van der Waals surface area contributed by atoms with Crippen LogP contribution in [0.25, 0.3) is 6.08 Å². The summed E-state index contributed by atoms with van der Waals surface area (Å²) in [5.41, 5.74) is 1.23. The molecule has 1 unspecified atom stereocenters. The van der Waals surface area contributed by atoms with Crippen LogP contribution >= 0.6 is 15.9 Å². The van der Waals surface area contributed by atoms with Crippen molar-refractivity contribution >= 4 is 33.9 Å². The average molecular weight is 406 g/mol. The van der Waals surface area contributed by atoms with E-state index in [4.69, 9.17) is 9.15 Å². The van der Waals surface area contributed by atoms with Gasteiger partial charge in [0.05, 0.1) is 0 Å². The summed E-state index contributed by atoms with van der Waals surface area (Å²) < 4.78 is 10.7. The number of nitrogens with one attached hydrogen (secondary N) is 1. The quantitative estimate of drug-likeness (QED) is 0.536. The molecule has 0 bridgehead atoms. The number of esters is 1. The zero-order valence-corrected chi connectivity index (χ0v) is 15.5. The first-order valence-corrected chi connectivity index (χ1v) is 8.75. The van der Waals surface area contributed by atoms with Gasteiger partial charge in [-0.3, -0.25) is 4.79 Å². The molecule has 132 valence electrons. The molecule has 1 atom stereocenters. The first kappa shape index (κ1) is 19.0. The van der Waals surface area contributed by atoms with Crippen molar-refractivity contribution in [2.45, 2.75) is 25.8 Å². The normalized spacial score (nSPS) is 12.1. The van der Waals surface area contributed by atoms with Gasteiger partial charge in [0.25, 0.3) is 5.91 Å². The smallest absolute Gasteiger partial charge is 0.331 e. The average Bonchev–Trinajstić information content (AvgIpc) is 3.02. The van der Waals surface area contributed by atoms with Crippen LogP contribution in [-0.2, 0) is 20.7 Å². The molecule has 0 radical (unpaired) electrons. The molecule has 0 saturated carbocycles. The van der Waals surface area contributed by atoms with E-state index in [0.29, 0.717) is 10.4 Å². The first-order valence-electron chi connectivity index (χ1n) is 7.96. The van der Waals surface area contributed by atoms with E-state index in [1.807, 2.05) is 25.1 Å². The number of ether oxygens (including phenoxy) is 1. The zero-order chi connectivity index (χ0) is 18.1. The molecule has 1 amide bonds. The summed E-state index contributed by atoms with van der Waals surface area (Å²) in [6.45, 7) is 1.62. The number of aryl methyl sites for hydroxylation is 1. The highest BCUT2D eigenvalue weighted by molar-refractivity contribution is 9.10. The molecule has 0 fully saturated rings. The Kier molecular flexibility index (Phi) is 7.47. The molecule has 0 aliphatic heterocycles. The SMILES string of the molecule is CC(CCc1ccccc1)NC(=O)COC(=O)C=Cc1ccc(Br)o1. The summed E-state index contributed by atoms with van der Waals surface area (Å²) in [7, 11) is 0. The Labute approximate surface area is 155 Å². The van der Waals surface area contributed by atoms with Gasteiger partial charge in [-0.05, 0) is 59.5 Å². The van der Waals surface area contributed by atoms with Gasteiger partial charge in [0.15, 0.2) is 11.3 Å². The summed E-state index contributed by atoms with van der Waals surface area (Å²) in [6.07, 6.45) is 4.39. The molecule has 1 heterocycles. The van der Waals surface area contributed by atoms with Gasteiger partial charge >= 0.3 is 5.97 Å². The van der Waals surface area contributed by atoms with Crippen LogP contribution in [0.15, 0.2) is 57.6 Å². The van der Waals surface area contributed by atoms with Crippen LogP contribution in [0, 0.1) is 0 Å². The highest BCUT2D eigenvalue weighted by Crippen LogP contribution is 2.15. The number of carbonyl (C=O) groups excluding carboxylic acids is 2. The Balaban J connectivity index is 1.65. The Hall–Kier alpha value is -2.34. The second kappa shape index (κ2) is 9.84. The van der Waals surface area contributed by atoms with Gasteiger partial charge < -0.3 is 14.5 Å². The molecule has 1 N–H and O–H groups in total. The molecule has 0 aliphatic carbocycles. The lowest BCUT2D eigenvalue weighted by Gasteiger charge is -2.13. The maximum absolute atomic E-state index is 11.8. The zero-order valence-electron chi connectivity index (χ0n) is 13.9. The molecule has 1 aromatic heterocycles. The van der Waals surface area contributed by atoms with E-state index in [9.17, 15) is 9.59 Å². The van der Waals surface area contributed by atoms with Crippen molar-refractivity contribution in [3.63, 3.8) is 0 Å². The lowest BCUT2D eigenvalue weighted by atomic mass is 10.1. The Bertz CT molecular complexity index is 724. The molecule has 6 heteroatoms. The number of hydrogen-bond acceptors (Lipinski definition) is 4. The molecule has 0 saturated heterocycles. The number of benzene rings is 1. The number of amides is 1. The third-order valence-corrected chi connectivity index (χ3v) is 3.87.